The van der Waals surface area contributed by atoms with Gasteiger partial charge in [-0.3, -0.25) is 4.99 Å². The average molecular weight is 417 g/mol. The van der Waals surface area contributed by atoms with Crippen LogP contribution in [0.3, 0.4) is 0 Å². The first kappa shape index (κ1) is 18.8. The minimum Gasteiger partial charge on any atom is -0.314 e. The molecule has 2 heterocycles. The van der Waals surface area contributed by atoms with Gasteiger partial charge in [-0.05, 0) is 61.9 Å². The van der Waals surface area contributed by atoms with Gasteiger partial charge in [-0.15, -0.1) is 0 Å². The van der Waals surface area contributed by atoms with Crippen molar-refractivity contribution in [3.05, 3.63) is 108 Å². The number of benzene rings is 4. The van der Waals surface area contributed by atoms with Crippen molar-refractivity contribution in [2.75, 3.05) is 9.80 Å². The predicted molar refractivity (Wildman–Crippen MR) is 130 cm³/mol. The van der Waals surface area contributed by atoms with Crippen molar-refractivity contribution in [1.29, 1.82) is 0 Å². The highest BCUT2D eigenvalue weighted by molar-refractivity contribution is 5.86. The Morgan fingerprint density at radius 3 is 2.03 bits per heavy atom. The molecule has 2 aliphatic rings. The Bertz CT molecular complexity index is 1430. The second-order valence-corrected chi connectivity index (χ2v) is 8.45. The molecule has 4 aromatic carbocycles. The molecule has 0 aliphatic carbocycles. The fraction of sp³-hybridized carbons (Fsp3) is 0.143. The smallest absolute Gasteiger partial charge is 0.134 e. The monoisotopic (exact) mass is 416 g/mol. The van der Waals surface area contributed by atoms with Crippen molar-refractivity contribution in [2.45, 2.75) is 25.9 Å². The molecular formula is C28H24N4. The lowest BCUT2D eigenvalue weighted by Gasteiger charge is -2.35. The zero-order chi connectivity index (χ0) is 21.7. The van der Waals surface area contributed by atoms with Gasteiger partial charge in [0.05, 0.1) is 33.5 Å². The molecule has 0 amide bonds. The highest BCUT2D eigenvalue weighted by Crippen LogP contribution is 2.43. The van der Waals surface area contributed by atoms with Crippen LogP contribution in [0, 0.1) is 0 Å². The molecule has 0 fully saturated rings. The summed E-state index contributed by atoms with van der Waals surface area (Å²) in [6.07, 6.45) is 0.904. The van der Waals surface area contributed by atoms with Crippen LogP contribution in [0.15, 0.2) is 107 Å². The zero-order valence-corrected chi connectivity index (χ0v) is 18.2. The van der Waals surface area contributed by atoms with E-state index in [1.807, 2.05) is 12.1 Å². The van der Waals surface area contributed by atoms with Crippen LogP contribution in [0.25, 0.3) is 0 Å². The summed E-state index contributed by atoms with van der Waals surface area (Å²) < 4.78 is 0. The molecule has 156 valence electrons. The van der Waals surface area contributed by atoms with Crippen LogP contribution in [0.4, 0.5) is 34.1 Å². The fourth-order valence-corrected chi connectivity index (χ4v) is 4.76. The maximum absolute atomic E-state index is 5.21. The summed E-state index contributed by atoms with van der Waals surface area (Å²) in [7, 11) is 0. The maximum Gasteiger partial charge on any atom is 0.134 e. The van der Waals surface area contributed by atoms with Crippen molar-refractivity contribution < 1.29 is 0 Å². The Balaban J connectivity index is 1.63. The number of nitrogens with zero attached hydrogens (tertiary/aromatic N) is 4. The Labute approximate surface area is 187 Å². The summed E-state index contributed by atoms with van der Waals surface area (Å²) in [6, 6.07) is 33.7. The van der Waals surface area contributed by atoms with Crippen LogP contribution in [-0.2, 0) is 0 Å². The molecule has 4 heteroatoms. The summed E-state index contributed by atoms with van der Waals surface area (Å²) in [5.74, 6) is 0. The van der Waals surface area contributed by atoms with Crippen molar-refractivity contribution in [1.82, 2.24) is 0 Å². The van der Waals surface area contributed by atoms with Crippen LogP contribution >= 0.6 is 0 Å². The summed E-state index contributed by atoms with van der Waals surface area (Å²) in [4.78, 5) is 14.9. The predicted octanol–water partition coefficient (Wildman–Crippen LogP) is 6.32. The van der Waals surface area contributed by atoms with E-state index in [0.29, 0.717) is 0 Å². The van der Waals surface area contributed by atoms with Gasteiger partial charge in [-0.2, -0.15) is 0 Å². The third-order valence-electron chi connectivity index (χ3n) is 6.46. The summed E-state index contributed by atoms with van der Waals surface area (Å²) in [5, 5.41) is 1.97. The Morgan fingerprint density at radius 1 is 0.688 bits per heavy atom. The molecule has 0 spiro atoms. The van der Waals surface area contributed by atoms with E-state index in [4.69, 9.17) is 9.98 Å². The van der Waals surface area contributed by atoms with Gasteiger partial charge in [0.15, 0.2) is 0 Å². The van der Waals surface area contributed by atoms with E-state index in [0.717, 1.165) is 51.3 Å². The minimum atomic E-state index is -0.335. The zero-order valence-electron chi connectivity index (χ0n) is 18.2. The van der Waals surface area contributed by atoms with Gasteiger partial charge in [0, 0.05) is 11.4 Å². The second kappa shape index (κ2) is 7.06. The number of fused-ring (bicyclic) bond motifs is 3. The number of hydrogen-bond donors (Lipinski definition) is 0. The number of hydrogen-bond acceptors (Lipinski definition) is 4. The fourth-order valence-electron chi connectivity index (χ4n) is 4.76. The van der Waals surface area contributed by atoms with Gasteiger partial charge in [0.1, 0.15) is 5.66 Å². The van der Waals surface area contributed by atoms with Crippen molar-refractivity contribution in [3.8, 4) is 0 Å². The van der Waals surface area contributed by atoms with Crippen LogP contribution in [0.2, 0.25) is 0 Å². The Morgan fingerprint density at radius 2 is 1.31 bits per heavy atom. The highest BCUT2D eigenvalue weighted by atomic mass is 15.3. The van der Waals surface area contributed by atoms with Gasteiger partial charge >= 0.3 is 0 Å². The van der Waals surface area contributed by atoms with Gasteiger partial charge in [-0.1, -0.05) is 55.5 Å². The molecule has 1 unspecified atom stereocenters. The standard InChI is InChI=1S/C28H24N4/c1-3-28(2)30-24-19-26-23(18-27(24)32(28)21-14-8-5-9-15-21)29-22-16-10-11-17-25(22)31(26)20-12-6-4-7-13-20/h4-19H,3H2,1-2H3. The molecule has 4 nitrogen and oxygen atoms in total. The lowest BCUT2D eigenvalue weighted by molar-refractivity contribution is 0.473. The number of para-hydroxylation sites is 4. The van der Waals surface area contributed by atoms with Crippen LogP contribution < -0.4 is 20.5 Å². The second-order valence-electron chi connectivity index (χ2n) is 8.45. The minimum absolute atomic E-state index is 0.335. The molecule has 2 aliphatic heterocycles. The lowest BCUT2D eigenvalue weighted by Crippen LogP contribution is -2.38. The van der Waals surface area contributed by atoms with E-state index in [1.165, 1.54) is 0 Å². The van der Waals surface area contributed by atoms with Crippen LogP contribution in [0.5, 0.6) is 0 Å². The topological polar surface area (TPSA) is 31.2 Å². The van der Waals surface area contributed by atoms with Gasteiger partial charge in [0.2, 0.25) is 0 Å². The lowest BCUT2D eigenvalue weighted by atomic mass is 10.1. The van der Waals surface area contributed by atoms with E-state index in [1.54, 1.807) is 0 Å². The molecule has 1 atom stereocenters. The third kappa shape index (κ3) is 2.76. The Kier molecular flexibility index (Phi) is 4.15. The van der Waals surface area contributed by atoms with E-state index in [-0.39, 0.29) is 5.66 Å². The largest absolute Gasteiger partial charge is 0.314 e. The Hall–Kier alpha value is -3.92. The molecule has 4 aromatic rings. The molecule has 0 saturated carbocycles. The summed E-state index contributed by atoms with van der Waals surface area (Å²) >= 11 is 0. The van der Waals surface area contributed by atoms with Crippen LogP contribution in [-0.4, -0.2) is 5.66 Å². The van der Waals surface area contributed by atoms with Gasteiger partial charge in [0.25, 0.3) is 0 Å². The van der Waals surface area contributed by atoms with Gasteiger partial charge < -0.3 is 9.80 Å². The molecule has 6 rings (SSSR count). The maximum atomic E-state index is 5.21. The summed E-state index contributed by atoms with van der Waals surface area (Å²) in [6.45, 7) is 4.40. The molecular weight excluding hydrogens is 392 g/mol. The quantitative estimate of drug-likeness (QED) is 0.345. The van der Waals surface area contributed by atoms with Crippen LogP contribution in [0.1, 0.15) is 20.3 Å². The van der Waals surface area contributed by atoms with Crippen molar-refractivity contribution in [2.24, 2.45) is 9.98 Å². The molecule has 0 N–H and O–H groups in total. The summed E-state index contributed by atoms with van der Waals surface area (Å²) in [5.41, 5.74) is 6.16. The molecule has 0 bridgehead atoms. The highest BCUT2D eigenvalue weighted by Gasteiger charge is 2.37. The first-order chi connectivity index (χ1) is 15.7. The van der Waals surface area contributed by atoms with Crippen molar-refractivity contribution in [3.63, 3.8) is 0 Å². The first-order valence-electron chi connectivity index (χ1n) is 11.1. The molecule has 0 aromatic heterocycles. The first-order valence-corrected chi connectivity index (χ1v) is 11.1. The average Bonchev–Trinajstić information content (AvgIpc) is 3.13. The van der Waals surface area contributed by atoms with E-state index in [2.05, 4.69) is 109 Å². The third-order valence-corrected chi connectivity index (χ3v) is 6.46. The number of anilines is 5. The van der Waals surface area contributed by atoms with E-state index >= 15 is 0 Å². The number of rotatable bonds is 3. The SMILES string of the molecule is CCC1(C)N=c2cc3c(cc2N1c1ccccc1)=Nc1ccccc1N3c1ccccc1. The molecule has 0 radical (unpaired) electrons. The normalized spacial score (nSPS) is 18.3. The van der Waals surface area contributed by atoms with E-state index in [9.17, 15) is 0 Å². The van der Waals surface area contributed by atoms with Gasteiger partial charge in [-0.25, -0.2) is 4.99 Å². The molecule has 32 heavy (non-hydrogen) atoms. The van der Waals surface area contributed by atoms with Crippen molar-refractivity contribution >= 4 is 34.1 Å². The molecule has 0 saturated heterocycles. The van der Waals surface area contributed by atoms with E-state index < -0.39 is 0 Å².